The van der Waals surface area contributed by atoms with Gasteiger partial charge in [-0.2, -0.15) is 0 Å². The topological polar surface area (TPSA) is 81.9 Å². The van der Waals surface area contributed by atoms with Crippen molar-refractivity contribution in [2.24, 2.45) is 4.99 Å². The number of nitrogens with zero attached hydrogens (tertiary/aromatic N) is 2. The van der Waals surface area contributed by atoms with Crippen molar-refractivity contribution in [1.82, 2.24) is 16.0 Å². The third kappa shape index (κ3) is 4.40. The van der Waals surface area contributed by atoms with Gasteiger partial charge in [-0.3, -0.25) is 9.79 Å². The number of aliphatic imine (C=N–C) groups is 1. The lowest BCUT2D eigenvalue weighted by Crippen LogP contribution is -2.47. The molecule has 7 heteroatoms. The molecule has 0 aliphatic carbocycles. The van der Waals surface area contributed by atoms with Crippen molar-refractivity contribution in [2.75, 3.05) is 31.6 Å². The van der Waals surface area contributed by atoms with Gasteiger partial charge in [-0.15, -0.1) is 0 Å². The molecule has 1 aromatic heterocycles. The van der Waals surface area contributed by atoms with Gasteiger partial charge >= 0.3 is 0 Å². The van der Waals surface area contributed by atoms with E-state index in [9.17, 15) is 4.79 Å². The summed E-state index contributed by atoms with van der Waals surface area (Å²) in [5.74, 6) is 1.70. The molecule has 7 nitrogen and oxygen atoms in total. The number of hydrogen-bond acceptors (Lipinski definition) is 4. The monoisotopic (exact) mass is 405 g/mol. The number of carbonyl (C=O) groups excluding carboxylic acids is 1. The van der Waals surface area contributed by atoms with E-state index in [0.29, 0.717) is 32.1 Å². The lowest BCUT2D eigenvalue weighted by molar-refractivity contribution is -0.120. The predicted octanol–water partition coefficient (Wildman–Crippen LogP) is 2.54. The maximum Gasteiger partial charge on any atom is 0.239 e. The number of para-hydroxylation sites is 1. The molecule has 4 rings (SSSR count). The summed E-state index contributed by atoms with van der Waals surface area (Å²) in [4.78, 5) is 18.0. The minimum Gasteiger partial charge on any atom is -0.459 e. The van der Waals surface area contributed by atoms with Crippen LogP contribution in [0, 0.1) is 6.92 Å². The zero-order chi connectivity index (χ0) is 20.9. The number of rotatable bonds is 5. The van der Waals surface area contributed by atoms with Crippen molar-refractivity contribution in [3.05, 3.63) is 65.4 Å². The molecule has 2 heterocycles. The molecule has 0 unspecified atom stereocenters. The van der Waals surface area contributed by atoms with E-state index in [4.69, 9.17) is 4.42 Å². The number of amides is 1. The summed E-state index contributed by atoms with van der Waals surface area (Å²) in [6.45, 7) is 5.23. The average Bonchev–Trinajstić information content (AvgIpc) is 3.10. The van der Waals surface area contributed by atoms with Gasteiger partial charge in [0, 0.05) is 43.3 Å². The Morgan fingerprint density at radius 2 is 1.90 bits per heavy atom. The second-order valence-electron chi connectivity index (χ2n) is 7.36. The molecule has 0 spiro atoms. The minimum atomic E-state index is 0.0709. The van der Waals surface area contributed by atoms with Crippen molar-refractivity contribution >= 4 is 28.5 Å². The summed E-state index contributed by atoms with van der Waals surface area (Å²) in [6, 6.07) is 16.3. The fourth-order valence-electron chi connectivity index (χ4n) is 3.65. The van der Waals surface area contributed by atoms with Crippen LogP contribution in [0.5, 0.6) is 0 Å². The molecule has 1 fully saturated rings. The number of hydrogen-bond donors (Lipinski definition) is 3. The second kappa shape index (κ2) is 8.90. The van der Waals surface area contributed by atoms with Crippen LogP contribution in [0.15, 0.2) is 57.9 Å². The van der Waals surface area contributed by atoms with E-state index in [2.05, 4.69) is 63.1 Å². The Bertz CT molecular complexity index is 1060. The van der Waals surface area contributed by atoms with E-state index in [1.54, 1.807) is 7.05 Å². The number of aryl methyl sites for hydroxylation is 1. The first-order valence-electron chi connectivity index (χ1n) is 10.2. The van der Waals surface area contributed by atoms with E-state index in [0.717, 1.165) is 40.1 Å². The first-order chi connectivity index (χ1) is 14.6. The number of guanidine groups is 1. The molecule has 156 valence electrons. The highest BCUT2D eigenvalue weighted by Crippen LogP contribution is 2.24. The van der Waals surface area contributed by atoms with Gasteiger partial charge in [0.05, 0.1) is 13.1 Å². The lowest BCUT2D eigenvalue weighted by Gasteiger charge is -2.28. The maximum atomic E-state index is 11.6. The van der Waals surface area contributed by atoms with Gasteiger partial charge in [0.2, 0.25) is 5.91 Å². The Morgan fingerprint density at radius 1 is 1.13 bits per heavy atom. The highest BCUT2D eigenvalue weighted by Gasteiger charge is 2.16. The average molecular weight is 406 g/mol. The number of carbonyl (C=O) groups is 1. The Kier molecular flexibility index (Phi) is 5.88. The van der Waals surface area contributed by atoms with Crippen molar-refractivity contribution in [2.45, 2.75) is 20.0 Å². The first kappa shape index (κ1) is 19.8. The molecule has 2 aromatic carbocycles. The molecule has 1 aliphatic heterocycles. The van der Waals surface area contributed by atoms with Gasteiger partial charge in [0.25, 0.3) is 0 Å². The first-order valence-corrected chi connectivity index (χ1v) is 10.2. The van der Waals surface area contributed by atoms with Crippen molar-refractivity contribution in [3.63, 3.8) is 0 Å². The fraction of sp³-hybridized carbons (Fsp3) is 0.304. The molecule has 0 atom stereocenters. The summed E-state index contributed by atoms with van der Waals surface area (Å²) in [6.07, 6.45) is 0. The largest absolute Gasteiger partial charge is 0.459 e. The molecule has 3 N–H and O–H groups in total. The summed E-state index contributed by atoms with van der Waals surface area (Å²) in [5.41, 5.74) is 4.26. The number of furan rings is 1. The number of benzene rings is 2. The number of fused-ring (bicyclic) bond motifs is 1. The van der Waals surface area contributed by atoms with Crippen LogP contribution in [0.2, 0.25) is 0 Å². The highest BCUT2D eigenvalue weighted by molar-refractivity contribution is 5.83. The molecular formula is C23H27N5O2. The summed E-state index contributed by atoms with van der Waals surface area (Å²) in [5, 5.41) is 10.6. The van der Waals surface area contributed by atoms with Crippen LogP contribution in [0.1, 0.15) is 16.9 Å². The second-order valence-corrected chi connectivity index (χ2v) is 7.36. The quantitative estimate of drug-likeness (QED) is 0.449. The van der Waals surface area contributed by atoms with Crippen LogP contribution in [0.25, 0.3) is 11.0 Å². The van der Waals surface area contributed by atoms with Crippen LogP contribution in [-0.4, -0.2) is 38.5 Å². The predicted molar refractivity (Wildman–Crippen MR) is 120 cm³/mol. The van der Waals surface area contributed by atoms with Gasteiger partial charge in [-0.05, 0) is 30.7 Å². The summed E-state index contributed by atoms with van der Waals surface area (Å²) in [7, 11) is 1.76. The molecule has 1 amide bonds. The molecular weight excluding hydrogens is 378 g/mol. The standard InChI is InChI=1S/C23H27N5O2/c1-16-19-5-3-4-6-20(19)30-21(16)14-27-23(24-2)26-13-17-7-9-18(10-8-17)28-12-11-25-22(29)15-28/h3-10H,11-15H2,1-2H3,(H,25,29)(H2,24,26,27). The normalized spacial score (nSPS) is 14.7. The Hall–Kier alpha value is -3.48. The van der Waals surface area contributed by atoms with Gasteiger partial charge in [0.15, 0.2) is 5.96 Å². The van der Waals surface area contributed by atoms with Crippen LogP contribution in [0.4, 0.5) is 5.69 Å². The van der Waals surface area contributed by atoms with Gasteiger partial charge in [0.1, 0.15) is 11.3 Å². The number of anilines is 1. The van der Waals surface area contributed by atoms with Crippen molar-refractivity contribution < 1.29 is 9.21 Å². The number of nitrogens with one attached hydrogen (secondary N) is 3. The summed E-state index contributed by atoms with van der Waals surface area (Å²) >= 11 is 0. The van der Waals surface area contributed by atoms with E-state index in [1.807, 2.05) is 18.2 Å². The van der Waals surface area contributed by atoms with Crippen molar-refractivity contribution in [3.8, 4) is 0 Å². The van der Waals surface area contributed by atoms with E-state index in [1.165, 1.54) is 0 Å². The Labute approximate surface area is 176 Å². The van der Waals surface area contributed by atoms with Gasteiger partial charge in [-0.1, -0.05) is 30.3 Å². The van der Waals surface area contributed by atoms with Gasteiger partial charge in [-0.25, -0.2) is 0 Å². The van der Waals surface area contributed by atoms with Crippen LogP contribution < -0.4 is 20.9 Å². The van der Waals surface area contributed by atoms with E-state index >= 15 is 0 Å². The Morgan fingerprint density at radius 3 is 2.63 bits per heavy atom. The zero-order valence-electron chi connectivity index (χ0n) is 17.4. The van der Waals surface area contributed by atoms with Crippen LogP contribution in [-0.2, 0) is 17.9 Å². The van der Waals surface area contributed by atoms with Gasteiger partial charge < -0.3 is 25.3 Å². The fourth-order valence-corrected chi connectivity index (χ4v) is 3.65. The molecule has 0 bridgehead atoms. The number of piperazine rings is 1. The van der Waals surface area contributed by atoms with Crippen LogP contribution in [0.3, 0.4) is 0 Å². The van der Waals surface area contributed by atoms with Crippen molar-refractivity contribution in [1.29, 1.82) is 0 Å². The summed E-state index contributed by atoms with van der Waals surface area (Å²) < 4.78 is 5.96. The lowest BCUT2D eigenvalue weighted by atomic mass is 10.1. The molecule has 1 saturated heterocycles. The molecule has 0 radical (unpaired) electrons. The van der Waals surface area contributed by atoms with Crippen LogP contribution >= 0.6 is 0 Å². The SMILES string of the molecule is CN=C(NCc1ccc(N2CCNC(=O)C2)cc1)NCc1oc2ccccc2c1C. The molecule has 1 aliphatic rings. The highest BCUT2D eigenvalue weighted by atomic mass is 16.3. The molecule has 30 heavy (non-hydrogen) atoms. The Balaban J connectivity index is 1.32. The van der Waals surface area contributed by atoms with E-state index < -0.39 is 0 Å². The van der Waals surface area contributed by atoms with E-state index in [-0.39, 0.29) is 5.91 Å². The molecule has 0 saturated carbocycles. The zero-order valence-corrected chi connectivity index (χ0v) is 17.4. The third-order valence-electron chi connectivity index (χ3n) is 5.38. The molecule has 3 aromatic rings. The minimum absolute atomic E-state index is 0.0709. The third-order valence-corrected chi connectivity index (χ3v) is 5.38. The smallest absolute Gasteiger partial charge is 0.239 e. The maximum absolute atomic E-state index is 11.6.